The van der Waals surface area contributed by atoms with E-state index in [1.165, 1.54) is 180 Å². The van der Waals surface area contributed by atoms with Gasteiger partial charge in [0, 0.05) is 12.8 Å². The van der Waals surface area contributed by atoms with E-state index in [2.05, 4.69) is 31.3 Å². The number of hydrogen-bond acceptors (Lipinski definition) is 5. The van der Waals surface area contributed by atoms with Gasteiger partial charge in [-0.05, 0) is 57.8 Å². The van der Waals surface area contributed by atoms with Crippen LogP contribution in [0.2, 0.25) is 0 Å². The largest absolute Gasteiger partial charge is 0.466 e. The molecule has 0 rings (SSSR count). The second kappa shape index (κ2) is 47.0. The van der Waals surface area contributed by atoms with Gasteiger partial charge in [0.1, 0.15) is 0 Å². The van der Waals surface area contributed by atoms with Crippen molar-refractivity contribution in [3.63, 3.8) is 0 Å². The van der Waals surface area contributed by atoms with Crippen molar-refractivity contribution in [2.75, 3.05) is 13.2 Å². The first kappa shape index (κ1) is 55.3. The topological polar surface area (TPSA) is 95.9 Å². The molecule has 0 spiro atoms. The Morgan fingerprint density at radius 1 is 0.474 bits per heavy atom. The molecule has 0 aromatic heterocycles. The van der Waals surface area contributed by atoms with E-state index in [0.717, 1.165) is 57.8 Å². The smallest absolute Gasteiger partial charge is 0.305 e. The lowest BCUT2D eigenvalue weighted by atomic mass is 10.0. The van der Waals surface area contributed by atoms with Crippen molar-refractivity contribution < 1.29 is 24.5 Å². The Labute approximate surface area is 354 Å². The molecule has 6 nitrogen and oxygen atoms in total. The van der Waals surface area contributed by atoms with Gasteiger partial charge in [0.15, 0.2) is 0 Å². The Hall–Kier alpha value is -1.66. The molecule has 0 saturated carbocycles. The molecule has 0 radical (unpaired) electrons. The van der Waals surface area contributed by atoms with E-state index in [0.29, 0.717) is 19.4 Å². The van der Waals surface area contributed by atoms with Crippen molar-refractivity contribution in [3.8, 4) is 0 Å². The van der Waals surface area contributed by atoms with Gasteiger partial charge in [-0.25, -0.2) is 0 Å². The van der Waals surface area contributed by atoms with Crippen molar-refractivity contribution in [2.45, 2.75) is 276 Å². The van der Waals surface area contributed by atoms with Gasteiger partial charge < -0.3 is 20.3 Å². The van der Waals surface area contributed by atoms with Crippen LogP contribution in [0.25, 0.3) is 0 Å². The standard InChI is InChI=1S/C51H97NO5/c1-3-5-7-9-11-13-15-17-18-20-25-29-33-37-41-45-51(56)57-46-42-38-34-30-26-22-21-24-28-32-36-40-44-50(55)52-48(47-53)49(54)43-39-35-31-27-23-19-16-14-12-10-8-6-4-2/h17-18,39,43,48-49,53-54H,3-16,19-38,40-42,44-47H2,1-2H3,(H,52,55)/b18-17-,43-39+. The number of nitrogens with one attached hydrogen (secondary N) is 1. The number of hydrogen-bond donors (Lipinski definition) is 3. The summed E-state index contributed by atoms with van der Waals surface area (Å²) in [5, 5.41) is 23.0. The fraction of sp³-hybridized carbons (Fsp3) is 0.882. The lowest BCUT2D eigenvalue weighted by Gasteiger charge is -2.20. The van der Waals surface area contributed by atoms with Crippen LogP contribution >= 0.6 is 0 Å². The van der Waals surface area contributed by atoms with Crippen LogP contribution in [0, 0.1) is 0 Å². The van der Waals surface area contributed by atoms with Crippen molar-refractivity contribution in [3.05, 3.63) is 24.3 Å². The molecule has 2 unspecified atom stereocenters. The minimum atomic E-state index is -0.853. The van der Waals surface area contributed by atoms with Gasteiger partial charge in [-0.2, -0.15) is 0 Å². The van der Waals surface area contributed by atoms with Crippen LogP contribution < -0.4 is 5.32 Å². The molecular weight excluding hydrogens is 707 g/mol. The number of amides is 1. The highest BCUT2D eigenvalue weighted by Gasteiger charge is 2.18. The summed E-state index contributed by atoms with van der Waals surface area (Å²) in [5.41, 5.74) is 0. The van der Waals surface area contributed by atoms with Crippen molar-refractivity contribution in [1.82, 2.24) is 5.32 Å². The molecule has 336 valence electrons. The Morgan fingerprint density at radius 2 is 0.825 bits per heavy atom. The van der Waals surface area contributed by atoms with Gasteiger partial charge in [0.05, 0.1) is 25.4 Å². The summed E-state index contributed by atoms with van der Waals surface area (Å²) in [6.45, 7) is 4.85. The van der Waals surface area contributed by atoms with Crippen molar-refractivity contribution >= 4 is 11.9 Å². The Bertz CT molecular complexity index is 889. The first-order valence-corrected chi connectivity index (χ1v) is 25.1. The number of carbonyl (C=O) groups excluding carboxylic acids is 2. The van der Waals surface area contributed by atoms with Crippen LogP contribution in [-0.2, 0) is 14.3 Å². The third kappa shape index (κ3) is 43.7. The van der Waals surface area contributed by atoms with Crippen LogP contribution in [0.4, 0.5) is 0 Å². The molecule has 0 aromatic rings. The summed E-state index contributed by atoms with van der Waals surface area (Å²) in [6, 6.07) is -0.638. The zero-order valence-electron chi connectivity index (χ0n) is 38.1. The Kier molecular flexibility index (Phi) is 45.7. The minimum absolute atomic E-state index is 0.0192. The van der Waals surface area contributed by atoms with Crippen LogP contribution in [0.3, 0.4) is 0 Å². The normalized spacial score (nSPS) is 12.8. The molecule has 0 heterocycles. The maximum Gasteiger partial charge on any atom is 0.305 e. The predicted octanol–water partition coefficient (Wildman–Crippen LogP) is 14.7. The summed E-state index contributed by atoms with van der Waals surface area (Å²) < 4.78 is 5.45. The molecule has 57 heavy (non-hydrogen) atoms. The van der Waals surface area contributed by atoms with E-state index in [1.54, 1.807) is 6.08 Å². The molecule has 0 aliphatic carbocycles. The molecular formula is C51H97NO5. The summed E-state index contributed by atoms with van der Waals surface area (Å²) in [5.74, 6) is -0.104. The lowest BCUT2D eigenvalue weighted by Crippen LogP contribution is -2.45. The highest BCUT2D eigenvalue weighted by atomic mass is 16.5. The molecule has 3 N–H and O–H groups in total. The Morgan fingerprint density at radius 3 is 1.25 bits per heavy atom. The fourth-order valence-electron chi connectivity index (χ4n) is 7.57. The van der Waals surface area contributed by atoms with Gasteiger partial charge in [-0.1, -0.05) is 218 Å². The van der Waals surface area contributed by atoms with E-state index in [4.69, 9.17) is 4.74 Å². The average molecular weight is 804 g/mol. The monoisotopic (exact) mass is 804 g/mol. The van der Waals surface area contributed by atoms with Crippen LogP contribution in [0.1, 0.15) is 264 Å². The molecule has 6 heteroatoms. The minimum Gasteiger partial charge on any atom is -0.466 e. The van der Waals surface area contributed by atoms with Gasteiger partial charge in [-0.15, -0.1) is 0 Å². The SMILES string of the molecule is CCCCCCCC/C=C\CCCCCCCC(=O)OCCCCCCCCCCCCCCC(=O)NC(CO)C(O)/C=C/CCCCCCCCCCCCC. The molecule has 0 aromatic carbocycles. The molecule has 0 aliphatic heterocycles. The van der Waals surface area contributed by atoms with Gasteiger partial charge in [0.2, 0.25) is 5.91 Å². The first-order chi connectivity index (χ1) is 28.0. The summed E-state index contributed by atoms with van der Waals surface area (Å²) in [6.07, 6.45) is 54.5. The van der Waals surface area contributed by atoms with Crippen molar-refractivity contribution in [1.29, 1.82) is 0 Å². The lowest BCUT2D eigenvalue weighted by molar-refractivity contribution is -0.143. The zero-order chi connectivity index (χ0) is 41.5. The molecule has 0 saturated heterocycles. The van der Waals surface area contributed by atoms with Crippen LogP contribution in [0.5, 0.6) is 0 Å². The van der Waals surface area contributed by atoms with Crippen LogP contribution in [0.15, 0.2) is 24.3 Å². The molecule has 0 bridgehead atoms. The van der Waals surface area contributed by atoms with E-state index in [-0.39, 0.29) is 18.5 Å². The van der Waals surface area contributed by atoms with E-state index >= 15 is 0 Å². The molecule has 0 fully saturated rings. The summed E-state index contributed by atoms with van der Waals surface area (Å²) in [7, 11) is 0. The Balaban J connectivity index is 3.49. The van der Waals surface area contributed by atoms with Crippen molar-refractivity contribution in [2.24, 2.45) is 0 Å². The van der Waals surface area contributed by atoms with Gasteiger partial charge in [0.25, 0.3) is 0 Å². The number of ether oxygens (including phenoxy) is 1. The zero-order valence-corrected chi connectivity index (χ0v) is 38.1. The maximum atomic E-state index is 12.4. The van der Waals surface area contributed by atoms with Gasteiger partial charge in [-0.3, -0.25) is 9.59 Å². The fourth-order valence-corrected chi connectivity index (χ4v) is 7.57. The first-order valence-electron chi connectivity index (χ1n) is 25.1. The third-order valence-corrected chi connectivity index (χ3v) is 11.5. The molecule has 2 atom stereocenters. The number of esters is 1. The second-order valence-corrected chi connectivity index (χ2v) is 17.1. The van der Waals surface area contributed by atoms with Gasteiger partial charge >= 0.3 is 5.97 Å². The molecule has 1 amide bonds. The maximum absolute atomic E-state index is 12.4. The number of rotatable bonds is 46. The molecule has 0 aliphatic rings. The number of allylic oxidation sites excluding steroid dienone is 3. The number of aliphatic hydroxyl groups is 2. The highest BCUT2D eigenvalue weighted by Crippen LogP contribution is 2.15. The summed E-state index contributed by atoms with van der Waals surface area (Å²) >= 11 is 0. The second-order valence-electron chi connectivity index (χ2n) is 17.1. The number of aliphatic hydroxyl groups excluding tert-OH is 2. The van der Waals surface area contributed by atoms with E-state index in [1.807, 2.05) is 6.08 Å². The quantitative estimate of drug-likeness (QED) is 0.0324. The predicted molar refractivity (Wildman–Crippen MR) is 246 cm³/mol. The van der Waals surface area contributed by atoms with Crippen LogP contribution in [-0.4, -0.2) is 47.4 Å². The average Bonchev–Trinajstić information content (AvgIpc) is 3.21. The number of unbranched alkanes of at least 4 members (excludes halogenated alkanes) is 33. The summed E-state index contributed by atoms with van der Waals surface area (Å²) in [4.78, 5) is 24.4. The third-order valence-electron chi connectivity index (χ3n) is 11.5. The number of carbonyl (C=O) groups is 2. The van der Waals surface area contributed by atoms with E-state index < -0.39 is 12.1 Å². The highest BCUT2D eigenvalue weighted by molar-refractivity contribution is 5.76. The van der Waals surface area contributed by atoms with E-state index in [9.17, 15) is 19.8 Å².